The van der Waals surface area contributed by atoms with Crippen molar-refractivity contribution in [3.8, 4) is 16.9 Å². The van der Waals surface area contributed by atoms with Crippen LogP contribution in [0.5, 0.6) is 5.75 Å². The lowest BCUT2D eigenvalue weighted by Crippen LogP contribution is -2.14. The van der Waals surface area contributed by atoms with Crippen LogP contribution in [0.1, 0.15) is 27.0 Å². The number of nitro benzene ring substituents is 1. The Hall–Kier alpha value is -3.47. The predicted molar refractivity (Wildman–Crippen MR) is 134 cm³/mol. The van der Waals surface area contributed by atoms with Crippen LogP contribution in [-0.2, 0) is 4.74 Å². The molecule has 0 saturated heterocycles. The zero-order chi connectivity index (χ0) is 24.4. The Morgan fingerprint density at radius 1 is 1.21 bits per heavy atom. The van der Waals surface area contributed by atoms with E-state index < -0.39 is 16.8 Å². The van der Waals surface area contributed by atoms with Gasteiger partial charge in [0.2, 0.25) is 0 Å². The summed E-state index contributed by atoms with van der Waals surface area (Å²) in [5, 5.41) is 16.8. The molecule has 8 nitrogen and oxygen atoms in total. The van der Waals surface area contributed by atoms with Crippen LogP contribution in [0, 0.1) is 10.1 Å². The first-order chi connectivity index (χ1) is 16.3. The van der Waals surface area contributed by atoms with Crippen LogP contribution in [-0.4, -0.2) is 30.5 Å². The highest BCUT2D eigenvalue weighted by Gasteiger charge is 2.26. The molecular formula is C23H17ClN2O6S2. The first-order valence-corrected chi connectivity index (χ1v) is 12.0. The molecule has 0 spiro atoms. The van der Waals surface area contributed by atoms with Crippen LogP contribution in [0.25, 0.3) is 21.2 Å². The Bertz CT molecular complexity index is 1430. The zero-order valence-electron chi connectivity index (χ0n) is 17.9. The molecule has 174 valence electrons. The van der Waals surface area contributed by atoms with Crippen molar-refractivity contribution in [3.05, 3.63) is 73.4 Å². The van der Waals surface area contributed by atoms with Crippen LogP contribution >= 0.6 is 34.3 Å². The number of hydrogen-bond donors (Lipinski definition) is 1. The molecular weight excluding hydrogens is 500 g/mol. The molecule has 0 fully saturated rings. The predicted octanol–water partition coefficient (Wildman–Crippen LogP) is 6.63. The van der Waals surface area contributed by atoms with Gasteiger partial charge in [-0.25, -0.2) is 4.79 Å². The Balaban J connectivity index is 1.74. The van der Waals surface area contributed by atoms with Gasteiger partial charge < -0.3 is 14.8 Å². The summed E-state index contributed by atoms with van der Waals surface area (Å²) >= 11 is 8.83. The maximum absolute atomic E-state index is 13.1. The molecule has 1 N–H and O–H groups in total. The third-order valence-electron chi connectivity index (χ3n) is 4.91. The fraction of sp³-hybridized carbons (Fsp3) is 0.130. The van der Waals surface area contributed by atoms with E-state index in [1.807, 2.05) is 6.07 Å². The second-order valence-corrected chi connectivity index (χ2v) is 9.25. The van der Waals surface area contributed by atoms with Crippen molar-refractivity contribution in [2.75, 3.05) is 19.0 Å². The van der Waals surface area contributed by atoms with Gasteiger partial charge in [-0.15, -0.1) is 22.7 Å². The van der Waals surface area contributed by atoms with Crippen LogP contribution < -0.4 is 10.1 Å². The third-order valence-corrected chi connectivity index (χ3v) is 7.48. The van der Waals surface area contributed by atoms with Gasteiger partial charge in [-0.1, -0.05) is 23.7 Å². The number of non-ortho nitro benzene ring substituents is 1. The minimum Gasteiger partial charge on any atom is -0.497 e. The van der Waals surface area contributed by atoms with Crippen LogP contribution in [0.3, 0.4) is 0 Å². The van der Waals surface area contributed by atoms with E-state index >= 15 is 0 Å². The van der Waals surface area contributed by atoms with Crippen molar-refractivity contribution in [3.63, 3.8) is 0 Å². The molecule has 34 heavy (non-hydrogen) atoms. The molecule has 0 aliphatic carbocycles. The number of esters is 1. The van der Waals surface area contributed by atoms with Gasteiger partial charge in [0.25, 0.3) is 11.6 Å². The Kier molecular flexibility index (Phi) is 6.82. The molecule has 4 rings (SSSR count). The van der Waals surface area contributed by atoms with Crippen molar-refractivity contribution >= 4 is 66.9 Å². The topological polar surface area (TPSA) is 108 Å². The van der Waals surface area contributed by atoms with Gasteiger partial charge in [0.15, 0.2) is 0 Å². The summed E-state index contributed by atoms with van der Waals surface area (Å²) in [6.07, 6.45) is 0. The highest BCUT2D eigenvalue weighted by Crippen LogP contribution is 2.40. The minimum atomic E-state index is -0.646. The molecule has 0 unspecified atom stereocenters. The molecule has 2 heterocycles. The van der Waals surface area contributed by atoms with Crippen molar-refractivity contribution in [1.82, 2.24) is 0 Å². The molecule has 0 aliphatic rings. The summed E-state index contributed by atoms with van der Waals surface area (Å²) in [7, 11) is 1.54. The number of thiophene rings is 2. The standard InChI is InChI=1S/C23H17ClN2O6S2/c1-3-32-23(28)18-16(12-5-4-6-13(9-12)26(29)30)11-33-22(18)25-21(27)20-19(24)15-10-14(31-2)7-8-17(15)34-20/h4-11H,3H2,1-2H3,(H,25,27). The first-order valence-electron chi connectivity index (χ1n) is 9.94. The summed E-state index contributed by atoms with van der Waals surface area (Å²) < 4.78 is 11.2. The average molecular weight is 517 g/mol. The molecule has 0 aliphatic heterocycles. The van der Waals surface area contributed by atoms with E-state index in [1.54, 1.807) is 37.6 Å². The number of fused-ring (bicyclic) bond motifs is 1. The molecule has 2 aromatic carbocycles. The van der Waals surface area contributed by atoms with E-state index in [9.17, 15) is 19.7 Å². The maximum atomic E-state index is 13.1. The van der Waals surface area contributed by atoms with Crippen molar-refractivity contribution in [2.24, 2.45) is 0 Å². The van der Waals surface area contributed by atoms with Gasteiger partial charge in [-0.05, 0) is 30.7 Å². The number of halogens is 1. The largest absolute Gasteiger partial charge is 0.497 e. The highest BCUT2D eigenvalue weighted by atomic mass is 35.5. The average Bonchev–Trinajstić information content (AvgIpc) is 3.40. The molecule has 0 radical (unpaired) electrons. The Morgan fingerprint density at radius 3 is 2.71 bits per heavy atom. The molecule has 11 heteroatoms. The smallest absolute Gasteiger partial charge is 0.341 e. The second kappa shape index (κ2) is 9.80. The molecule has 0 saturated carbocycles. The van der Waals surface area contributed by atoms with E-state index in [4.69, 9.17) is 21.1 Å². The van der Waals surface area contributed by atoms with Crippen molar-refractivity contribution in [2.45, 2.75) is 6.92 Å². The van der Waals surface area contributed by atoms with E-state index in [1.165, 1.54) is 29.5 Å². The number of nitrogens with one attached hydrogen (secondary N) is 1. The second-order valence-electron chi connectivity index (χ2n) is 6.94. The van der Waals surface area contributed by atoms with Gasteiger partial charge >= 0.3 is 5.97 Å². The lowest BCUT2D eigenvalue weighted by Gasteiger charge is -2.08. The van der Waals surface area contributed by atoms with E-state index in [-0.39, 0.29) is 32.8 Å². The molecule has 0 atom stereocenters. The molecule has 0 bridgehead atoms. The number of rotatable bonds is 7. The summed E-state index contributed by atoms with van der Waals surface area (Å²) in [5.41, 5.74) is 0.895. The van der Waals surface area contributed by atoms with E-state index in [2.05, 4.69) is 5.32 Å². The molecule has 4 aromatic rings. The SMILES string of the molecule is CCOC(=O)c1c(-c2cccc([N+](=O)[O-])c2)csc1NC(=O)c1sc2ccc(OC)cc2c1Cl. The lowest BCUT2D eigenvalue weighted by atomic mass is 10.0. The number of nitrogens with zero attached hydrogens (tertiary/aromatic N) is 1. The van der Waals surface area contributed by atoms with Crippen molar-refractivity contribution in [1.29, 1.82) is 0 Å². The van der Waals surface area contributed by atoms with E-state index in [0.717, 1.165) is 16.0 Å². The minimum absolute atomic E-state index is 0.114. The van der Waals surface area contributed by atoms with Crippen LogP contribution in [0.2, 0.25) is 5.02 Å². The number of amides is 1. The van der Waals surface area contributed by atoms with Gasteiger partial charge in [-0.2, -0.15) is 0 Å². The highest BCUT2D eigenvalue weighted by molar-refractivity contribution is 7.22. The maximum Gasteiger partial charge on any atom is 0.341 e. The first kappa shape index (κ1) is 23.7. The van der Waals surface area contributed by atoms with Gasteiger partial charge in [0.05, 0.1) is 23.7 Å². The van der Waals surface area contributed by atoms with Gasteiger partial charge in [0.1, 0.15) is 21.2 Å². The normalized spacial score (nSPS) is 10.8. The zero-order valence-corrected chi connectivity index (χ0v) is 20.3. The number of hydrogen-bond acceptors (Lipinski definition) is 8. The Morgan fingerprint density at radius 2 is 2.00 bits per heavy atom. The number of benzene rings is 2. The number of anilines is 1. The Labute approximate surface area is 206 Å². The summed E-state index contributed by atoms with van der Waals surface area (Å²) in [4.78, 5) is 36.9. The number of carbonyl (C=O) groups is 2. The van der Waals surface area contributed by atoms with E-state index in [0.29, 0.717) is 22.3 Å². The third kappa shape index (κ3) is 4.47. The van der Waals surface area contributed by atoms with Crippen LogP contribution in [0.4, 0.5) is 10.7 Å². The summed E-state index contributed by atoms with van der Waals surface area (Å²) in [5.74, 6) is -0.514. The van der Waals surface area contributed by atoms with Crippen LogP contribution in [0.15, 0.2) is 47.8 Å². The summed E-state index contributed by atoms with van der Waals surface area (Å²) in [6, 6.07) is 11.3. The number of carbonyl (C=O) groups excluding carboxylic acids is 2. The van der Waals surface area contributed by atoms with Crippen molar-refractivity contribution < 1.29 is 24.0 Å². The molecule has 2 aromatic heterocycles. The van der Waals surface area contributed by atoms with Gasteiger partial charge in [0, 0.05) is 33.2 Å². The fourth-order valence-corrected chi connectivity index (χ4v) is 5.67. The monoisotopic (exact) mass is 516 g/mol. The lowest BCUT2D eigenvalue weighted by molar-refractivity contribution is -0.384. The summed E-state index contributed by atoms with van der Waals surface area (Å²) in [6.45, 7) is 1.79. The fourth-order valence-electron chi connectivity index (χ4n) is 3.33. The van der Waals surface area contributed by atoms with Gasteiger partial charge in [-0.3, -0.25) is 14.9 Å². The number of ether oxygens (including phenoxy) is 2. The molecule has 1 amide bonds. The number of nitro groups is 1. The number of methoxy groups -OCH3 is 1. The quantitative estimate of drug-likeness (QED) is 0.168.